The SMILES string of the molecule is c1ccc(C[C@@H]2COC(C3(C4=N[C@H](Cc5ccccc5)CO4)CCC3)=N2)cc1. The second-order valence-electron chi connectivity index (χ2n) is 8.11. The minimum absolute atomic E-state index is 0.192. The Balaban J connectivity index is 1.31. The van der Waals surface area contributed by atoms with E-state index >= 15 is 0 Å². The fourth-order valence-electron chi connectivity index (χ4n) is 4.39. The maximum Gasteiger partial charge on any atom is 0.199 e. The van der Waals surface area contributed by atoms with Crippen LogP contribution in [-0.4, -0.2) is 37.1 Å². The summed E-state index contributed by atoms with van der Waals surface area (Å²) < 4.78 is 12.2. The van der Waals surface area contributed by atoms with E-state index in [1.807, 2.05) is 12.1 Å². The van der Waals surface area contributed by atoms with Gasteiger partial charge in [-0.3, -0.25) is 0 Å². The molecule has 3 aliphatic rings. The molecule has 2 aromatic rings. The van der Waals surface area contributed by atoms with E-state index in [2.05, 4.69) is 48.5 Å². The van der Waals surface area contributed by atoms with E-state index in [9.17, 15) is 0 Å². The Labute approximate surface area is 166 Å². The first-order chi connectivity index (χ1) is 13.8. The van der Waals surface area contributed by atoms with Gasteiger partial charge in [0.15, 0.2) is 11.8 Å². The molecule has 1 aliphatic carbocycles. The molecule has 0 amide bonds. The summed E-state index contributed by atoms with van der Waals surface area (Å²) in [4.78, 5) is 9.93. The van der Waals surface area contributed by atoms with Crippen LogP contribution in [0.25, 0.3) is 0 Å². The van der Waals surface area contributed by atoms with E-state index < -0.39 is 0 Å². The van der Waals surface area contributed by atoms with Gasteiger partial charge in [-0.05, 0) is 36.8 Å². The van der Waals surface area contributed by atoms with Crippen LogP contribution in [0.4, 0.5) is 0 Å². The number of rotatable bonds is 6. The lowest BCUT2D eigenvalue weighted by atomic mass is 9.68. The molecule has 0 unspecified atom stereocenters. The number of hydrogen-bond donors (Lipinski definition) is 0. The van der Waals surface area contributed by atoms with Crippen LogP contribution < -0.4 is 0 Å². The van der Waals surface area contributed by atoms with E-state index in [4.69, 9.17) is 19.5 Å². The fraction of sp³-hybridized carbons (Fsp3) is 0.417. The highest BCUT2D eigenvalue weighted by atomic mass is 16.5. The van der Waals surface area contributed by atoms with Gasteiger partial charge in [0.1, 0.15) is 18.6 Å². The fourth-order valence-corrected chi connectivity index (χ4v) is 4.39. The number of aliphatic imine (C=N–C) groups is 2. The van der Waals surface area contributed by atoms with Crippen molar-refractivity contribution >= 4 is 11.8 Å². The summed E-state index contributed by atoms with van der Waals surface area (Å²) in [6.07, 6.45) is 5.08. The molecule has 0 aromatic heterocycles. The van der Waals surface area contributed by atoms with Crippen LogP contribution in [0.5, 0.6) is 0 Å². The standard InChI is InChI=1S/C24H26N2O2/c1-3-8-18(9-4-1)14-20-16-27-22(25-20)24(12-7-13-24)23-26-21(17-28-23)15-19-10-5-2-6-11-19/h1-6,8-11,20-21H,7,12-17H2/t20-,21-/m1/s1. The van der Waals surface area contributed by atoms with Gasteiger partial charge in [-0.2, -0.15) is 0 Å². The van der Waals surface area contributed by atoms with E-state index in [0.717, 1.165) is 37.5 Å². The van der Waals surface area contributed by atoms with E-state index in [0.29, 0.717) is 13.2 Å². The summed E-state index contributed by atoms with van der Waals surface area (Å²) in [7, 11) is 0. The number of ether oxygens (including phenoxy) is 2. The molecular weight excluding hydrogens is 348 g/mol. The highest BCUT2D eigenvalue weighted by Gasteiger charge is 2.52. The van der Waals surface area contributed by atoms with Crippen molar-refractivity contribution in [3.8, 4) is 0 Å². The molecule has 0 bridgehead atoms. The molecule has 1 fully saturated rings. The van der Waals surface area contributed by atoms with E-state index in [1.165, 1.54) is 17.5 Å². The monoisotopic (exact) mass is 374 g/mol. The summed E-state index contributed by atoms with van der Waals surface area (Å²) in [6, 6.07) is 21.4. The minimum atomic E-state index is -0.211. The van der Waals surface area contributed by atoms with E-state index in [1.54, 1.807) is 0 Å². The second-order valence-corrected chi connectivity index (χ2v) is 8.11. The third kappa shape index (κ3) is 3.32. The van der Waals surface area contributed by atoms with Crippen LogP contribution in [0.1, 0.15) is 30.4 Å². The molecule has 0 spiro atoms. The molecule has 5 rings (SSSR count). The first kappa shape index (κ1) is 17.5. The van der Waals surface area contributed by atoms with Gasteiger partial charge in [0.25, 0.3) is 0 Å². The summed E-state index contributed by atoms with van der Waals surface area (Å²) in [5.74, 6) is 1.72. The topological polar surface area (TPSA) is 43.2 Å². The van der Waals surface area contributed by atoms with Crippen molar-refractivity contribution in [1.82, 2.24) is 0 Å². The Morgan fingerprint density at radius 2 is 1.18 bits per heavy atom. The van der Waals surface area contributed by atoms with Gasteiger partial charge in [0, 0.05) is 0 Å². The molecule has 2 heterocycles. The van der Waals surface area contributed by atoms with Crippen LogP contribution in [0, 0.1) is 5.41 Å². The Morgan fingerprint density at radius 3 is 1.57 bits per heavy atom. The molecule has 2 aromatic carbocycles. The lowest BCUT2D eigenvalue weighted by Gasteiger charge is -2.39. The Kier molecular flexibility index (Phi) is 4.63. The molecule has 2 aliphatic heterocycles. The van der Waals surface area contributed by atoms with Crippen LogP contribution in [0.3, 0.4) is 0 Å². The van der Waals surface area contributed by atoms with Crippen LogP contribution >= 0.6 is 0 Å². The van der Waals surface area contributed by atoms with Crippen molar-refractivity contribution < 1.29 is 9.47 Å². The minimum Gasteiger partial charge on any atom is -0.478 e. The quantitative estimate of drug-likeness (QED) is 0.759. The van der Waals surface area contributed by atoms with Crippen molar-refractivity contribution in [3.63, 3.8) is 0 Å². The van der Waals surface area contributed by atoms with Gasteiger partial charge in [-0.15, -0.1) is 0 Å². The predicted molar refractivity (Wildman–Crippen MR) is 111 cm³/mol. The van der Waals surface area contributed by atoms with Gasteiger partial charge < -0.3 is 9.47 Å². The highest BCUT2D eigenvalue weighted by Crippen LogP contribution is 2.47. The Bertz CT molecular complexity index is 802. The molecule has 144 valence electrons. The maximum absolute atomic E-state index is 6.10. The lowest BCUT2D eigenvalue weighted by Crippen LogP contribution is -2.45. The number of nitrogens with zero attached hydrogens (tertiary/aromatic N) is 2. The predicted octanol–water partition coefficient (Wildman–Crippen LogP) is 4.24. The summed E-state index contributed by atoms with van der Waals surface area (Å²) >= 11 is 0. The van der Waals surface area contributed by atoms with Gasteiger partial charge >= 0.3 is 0 Å². The number of hydrogen-bond acceptors (Lipinski definition) is 4. The first-order valence-electron chi connectivity index (χ1n) is 10.3. The molecule has 2 atom stereocenters. The zero-order valence-corrected chi connectivity index (χ0v) is 16.1. The summed E-state index contributed by atoms with van der Waals surface area (Å²) in [5.41, 5.74) is 2.40. The smallest absolute Gasteiger partial charge is 0.199 e. The van der Waals surface area contributed by atoms with Gasteiger partial charge in [0.05, 0.1) is 12.1 Å². The second kappa shape index (κ2) is 7.42. The largest absolute Gasteiger partial charge is 0.478 e. The van der Waals surface area contributed by atoms with E-state index in [-0.39, 0.29) is 17.5 Å². The third-order valence-corrected chi connectivity index (χ3v) is 6.08. The Hall–Kier alpha value is -2.62. The van der Waals surface area contributed by atoms with Gasteiger partial charge in [-0.25, -0.2) is 9.98 Å². The van der Waals surface area contributed by atoms with Crippen molar-refractivity contribution in [1.29, 1.82) is 0 Å². The molecular formula is C24H26N2O2. The molecule has 4 nitrogen and oxygen atoms in total. The van der Waals surface area contributed by atoms with Crippen LogP contribution in [0.2, 0.25) is 0 Å². The molecule has 0 saturated heterocycles. The lowest BCUT2D eigenvalue weighted by molar-refractivity contribution is 0.195. The zero-order valence-electron chi connectivity index (χ0n) is 16.1. The molecule has 0 N–H and O–H groups in total. The molecule has 0 radical (unpaired) electrons. The molecule has 28 heavy (non-hydrogen) atoms. The zero-order chi connectivity index (χ0) is 18.8. The van der Waals surface area contributed by atoms with Crippen molar-refractivity contribution in [3.05, 3.63) is 71.8 Å². The summed E-state index contributed by atoms with van der Waals surface area (Å²) in [6.45, 7) is 1.32. The van der Waals surface area contributed by atoms with Crippen LogP contribution in [-0.2, 0) is 22.3 Å². The average Bonchev–Trinajstić information content (AvgIpc) is 3.34. The van der Waals surface area contributed by atoms with Crippen molar-refractivity contribution in [2.45, 2.75) is 44.2 Å². The average molecular weight is 374 g/mol. The normalized spacial score (nSPS) is 25.3. The third-order valence-electron chi connectivity index (χ3n) is 6.08. The van der Waals surface area contributed by atoms with Crippen LogP contribution in [0.15, 0.2) is 70.6 Å². The molecule has 1 saturated carbocycles. The summed E-state index contributed by atoms with van der Waals surface area (Å²) in [5, 5.41) is 0. The molecule has 4 heteroatoms. The van der Waals surface area contributed by atoms with Gasteiger partial charge in [-0.1, -0.05) is 67.1 Å². The number of benzene rings is 2. The Morgan fingerprint density at radius 1 is 0.714 bits per heavy atom. The van der Waals surface area contributed by atoms with Crippen molar-refractivity contribution in [2.24, 2.45) is 15.4 Å². The highest BCUT2D eigenvalue weighted by molar-refractivity contribution is 6.07. The van der Waals surface area contributed by atoms with Crippen molar-refractivity contribution in [2.75, 3.05) is 13.2 Å². The first-order valence-corrected chi connectivity index (χ1v) is 10.3. The maximum atomic E-state index is 6.10. The van der Waals surface area contributed by atoms with Gasteiger partial charge in [0.2, 0.25) is 0 Å².